The Morgan fingerprint density at radius 3 is 2.33 bits per heavy atom. The fraction of sp³-hybridized carbons (Fsp3) is 0.304. The van der Waals surface area contributed by atoms with E-state index in [-0.39, 0.29) is 12.0 Å². The number of aliphatic hydroxyl groups excluding tert-OH is 1. The van der Waals surface area contributed by atoms with Crippen LogP contribution in [0, 0.1) is 0 Å². The van der Waals surface area contributed by atoms with E-state index in [4.69, 9.17) is 4.74 Å². The Labute approximate surface area is 165 Å². The number of thiophene rings is 1. The van der Waals surface area contributed by atoms with Crippen LogP contribution in [-0.4, -0.2) is 24.4 Å². The minimum Gasteiger partial charge on any atom is -0.491 e. The van der Waals surface area contributed by atoms with E-state index >= 15 is 0 Å². The van der Waals surface area contributed by atoms with Crippen LogP contribution in [-0.2, 0) is 12.0 Å². The summed E-state index contributed by atoms with van der Waals surface area (Å²) in [5.74, 6) is 0.778. The molecule has 1 aromatic heterocycles. The fourth-order valence-corrected chi connectivity index (χ4v) is 3.69. The summed E-state index contributed by atoms with van der Waals surface area (Å²) in [5, 5.41) is 15.4. The molecule has 0 saturated carbocycles. The molecule has 0 aliphatic carbocycles. The molecule has 142 valence electrons. The van der Waals surface area contributed by atoms with Gasteiger partial charge in [0.25, 0.3) is 0 Å². The van der Waals surface area contributed by atoms with Crippen molar-refractivity contribution in [1.82, 2.24) is 5.32 Å². The zero-order valence-corrected chi connectivity index (χ0v) is 16.7. The van der Waals surface area contributed by atoms with E-state index in [0.717, 1.165) is 12.3 Å². The van der Waals surface area contributed by atoms with Crippen LogP contribution < -0.4 is 10.1 Å². The molecule has 2 aromatic carbocycles. The van der Waals surface area contributed by atoms with Crippen molar-refractivity contribution < 1.29 is 9.84 Å². The van der Waals surface area contributed by atoms with Gasteiger partial charge in [-0.15, -0.1) is 11.3 Å². The van der Waals surface area contributed by atoms with Crippen molar-refractivity contribution in [2.75, 3.05) is 13.2 Å². The van der Waals surface area contributed by atoms with E-state index in [1.165, 1.54) is 16.0 Å². The number of hydrogen-bond donors (Lipinski definition) is 2. The van der Waals surface area contributed by atoms with Crippen molar-refractivity contribution in [3.8, 4) is 5.75 Å². The molecule has 27 heavy (non-hydrogen) atoms. The zero-order chi connectivity index (χ0) is 19.1. The van der Waals surface area contributed by atoms with Crippen LogP contribution in [0.25, 0.3) is 0 Å². The van der Waals surface area contributed by atoms with E-state index in [1.807, 2.05) is 24.3 Å². The average molecular weight is 382 g/mol. The molecule has 0 amide bonds. The minimum absolute atomic E-state index is 0.0645. The van der Waals surface area contributed by atoms with Gasteiger partial charge in [-0.2, -0.15) is 0 Å². The third kappa shape index (κ3) is 5.42. The maximum Gasteiger partial charge on any atom is 0.119 e. The van der Waals surface area contributed by atoms with Gasteiger partial charge in [0, 0.05) is 23.4 Å². The highest BCUT2D eigenvalue weighted by molar-refractivity contribution is 7.09. The largest absolute Gasteiger partial charge is 0.491 e. The molecule has 1 atom stereocenters. The van der Waals surface area contributed by atoms with Crippen molar-refractivity contribution in [1.29, 1.82) is 0 Å². The van der Waals surface area contributed by atoms with Gasteiger partial charge in [-0.05, 0) is 34.7 Å². The molecular formula is C23H27NO2S. The average Bonchev–Trinajstić information content (AvgIpc) is 3.21. The number of aliphatic hydroxyl groups is 1. The highest BCUT2D eigenvalue weighted by Crippen LogP contribution is 2.32. The normalized spacial score (nSPS) is 12.7. The molecule has 0 unspecified atom stereocenters. The lowest BCUT2D eigenvalue weighted by Crippen LogP contribution is -2.31. The third-order valence-corrected chi connectivity index (χ3v) is 5.65. The zero-order valence-electron chi connectivity index (χ0n) is 15.9. The standard InChI is InChI=1S/C23H27NO2S/c1-23(2,18-7-4-3-5-8-18)19-10-12-21(13-11-19)26-17-20(25)15-24-16-22-9-6-14-27-22/h3-14,20,24-25H,15-17H2,1-2H3/t20-/m0/s1. The van der Waals surface area contributed by atoms with E-state index in [0.29, 0.717) is 6.54 Å². The van der Waals surface area contributed by atoms with Crippen LogP contribution in [0.1, 0.15) is 29.9 Å². The molecule has 0 saturated heterocycles. The van der Waals surface area contributed by atoms with Gasteiger partial charge in [0.15, 0.2) is 0 Å². The van der Waals surface area contributed by atoms with Crippen LogP contribution in [0.4, 0.5) is 0 Å². The van der Waals surface area contributed by atoms with Gasteiger partial charge >= 0.3 is 0 Å². The van der Waals surface area contributed by atoms with Gasteiger partial charge in [-0.3, -0.25) is 0 Å². The van der Waals surface area contributed by atoms with Gasteiger partial charge in [-0.25, -0.2) is 0 Å². The SMILES string of the molecule is CC(C)(c1ccccc1)c1ccc(OC[C@@H](O)CNCc2cccs2)cc1. The second kappa shape index (κ2) is 9.18. The second-order valence-electron chi connectivity index (χ2n) is 7.19. The number of hydrogen-bond acceptors (Lipinski definition) is 4. The van der Waals surface area contributed by atoms with Crippen LogP contribution in [0.15, 0.2) is 72.1 Å². The number of ether oxygens (including phenoxy) is 1. The molecule has 3 rings (SSSR count). The van der Waals surface area contributed by atoms with Crippen molar-refractivity contribution >= 4 is 11.3 Å². The minimum atomic E-state index is -0.537. The van der Waals surface area contributed by atoms with Gasteiger partial charge in [-0.1, -0.05) is 62.4 Å². The Bertz CT molecular complexity index is 798. The monoisotopic (exact) mass is 381 g/mol. The molecule has 0 spiro atoms. The number of rotatable bonds is 9. The Balaban J connectivity index is 1.49. The Hall–Kier alpha value is -2.14. The Kier molecular flexibility index (Phi) is 6.67. The summed E-state index contributed by atoms with van der Waals surface area (Å²) in [7, 11) is 0. The molecule has 0 bridgehead atoms. The quantitative estimate of drug-likeness (QED) is 0.569. The maximum atomic E-state index is 10.1. The van der Waals surface area contributed by atoms with Crippen LogP contribution >= 0.6 is 11.3 Å². The topological polar surface area (TPSA) is 41.5 Å². The van der Waals surface area contributed by atoms with Gasteiger partial charge in [0.2, 0.25) is 0 Å². The molecule has 0 fully saturated rings. The third-order valence-electron chi connectivity index (χ3n) is 4.77. The fourth-order valence-electron chi connectivity index (χ4n) is 3.02. The van der Waals surface area contributed by atoms with Crippen LogP contribution in [0.2, 0.25) is 0 Å². The number of nitrogens with one attached hydrogen (secondary N) is 1. The summed E-state index contributed by atoms with van der Waals surface area (Å²) in [6.45, 7) is 6.01. The van der Waals surface area contributed by atoms with Crippen molar-refractivity contribution in [3.63, 3.8) is 0 Å². The van der Waals surface area contributed by atoms with Crippen molar-refractivity contribution in [2.45, 2.75) is 31.9 Å². The lowest BCUT2D eigenvalue weighted by molar-refractivity contribution is 0.106. The molecule has 0 aliphatic rings. The lowest BCUT2D eigenvalue weighted by atomic mass is 9.78. The first kappa shape index (κ1) is 19.6. The summed E-state index contributed by atoms with van der Waals surface area (Å²) in [6, 6.07) is 22.8. The molecule has 1 heterocycles. The first-order valence-electron chi connectivity index (χ1n) is 9.26. The molecule has 3 nitrogen and oxygen atoms in total. The summed E-state index contributed by atoms with van der Waals surface area (Å²) >= 11 is 1.71. The molecule has 2 N–H and O–H groups in total. The summed E-state index contributed by atoms with van der Waals surface area (Å²) in [5.41, 5.74) is 2.45. The van der Waals surface area contributed by atoms with E-state index in [1.54, 1.807) is 11.3 Å². The number of benzene rings is 2. The van der Waals surface area contributed by atoms with Crippen molar-refractivity contribution in [2.24, 2.45) is 0 Å². The highest BCUT2D eigenvalue weighted by Gasteiger charge is 2.22. The van der Waals surface area contributed by atoms with Gasteiger partial charge < -0.3 is 15.2 Å². The highest BCUT2D eigenvalue weighted by atomic mass is 32.1. The second-order valence-corrected chi connectivity index (χ2v) is 8.22. The van der Waals surface area contributed by atoms with Crippen LogP contribution in [0.3, 0.4) is 0 Å². The summed E-state index contributed by atoms with van der Waals surface area (Å²) in [6.07, 6.45) is -0.537. The lowest BCUT2D eigenvalue weighted by Gasteiger charge is -2.26. The predicted molar refractivity (Wildman–Crippen MR) is 113 cm³/mol. The van der Waals surface area contributed by atoms with E-state index in [2.05, 4.69) is 67.0 Å². The molecule has 0 radical (unpaired) electrons. The van der Waals surface area contributed by atoms with Gasteiger partial charge in [0.1, 0.15) is 18.5 Å². The molecular weight excluding hydrogens is 354 g/mol. The first-order chi connectivity index (χ1) is 13.1. The molecule has 3 aromatic rings. The van der Waals surface area contributed by atoms with Gasteiger partial charge in [0.05, 0.1) is 0 Å². The molecule has 0 aliphatic heterocycles. The smallest absolute Gasteiger partial charge is 0.119 e. The Morgan fingerprint density at radius 2 is 1.67 bits per heavy atom. The Morgan fingerprint density at radius 1 is 0.963 bits per heavy atom. The first-order valence-corrected chi connectivity index (χ1v) is 10.1. The predicted octanol–water partition coefficient (Wildman–Crippen LogP) is 4.60. The summed E-state index contributed by atoms with van der Waals surface area (Å²) < 4.78 is 5.74. The van der Waals surface area contributed by atoms with E-state index < -0.39 is 6.10 Å². The molecule has 4 heteroatoms. The summed E-state index contributed by atoms with van der Waals surface area (Å²) in [4.78, 5) is 1.26. The van der Waals surface area contributed by atoms with Crippen LogP contribution in [0.5, 0.6) is 5.75 Å². The maximum absolute atomic E-state index is 10.1. The van der Waals surface area contributed by atoms with E-state index in [9.17, 15) is 5.11 Å². The van der Waals surface area contributed by atoms with Crippen molar-refractivity contribution in [3.05, 3.63) is 88.1 Å².